The molecule has 0 bridgehead atoms. The zero-order chi connectivity index (χ0) is 18.7. The third kappa shape index (κ3) is 4.64. The Morgan fingerprint density at radius 3 is 2.62 bits per heavy atom. The number of amidine groups is 1. The maximum Gasteiger partial charge on any atom is 0.303 e. The summed E-state index contributed by atoms with van der Waals surface area (Å²) in [5, 5.41) is 9.08. The molecule has 1 N–H and O–H groups in total. The molecule has 9 heteroatoms. The molecule has 0 unspecified atom stereocenters. The summed E-state index contributed by atoms with van der Waals surface area (Å²) < 4.78 is 23.9. The van der Waals surface area contributed by atoms with Crippen LogP contribution in [0.3, 0.4) is 0 Å². The second kappa shape index (κ2) is 7.79. The lowest BCUT2D eigenvalue weighted by Crippen LogP contribution is -2.37. The number of rotatable bonds is 6. The van der Waals surface area contributed by atoms with E-state index in [1.165, 1.54) is 11.8 Å². The van der Waals surface area contributed by atoms with Crippen LogP contribution in [0.15, 0.2) is 35.3 Å². The number of fused-ring (bicyclic) bond motifs is 1. The minimum atomic E-state index is -3.07. The van der Waals surface area contributed by atoms with Crippen molar-refractivity contribution in [2.24, 2.45) is 4.99 Å². The van der Waals surface area contributed by atoms with Gasteiger partial charge in [0.15, 0.2) is 15.0 Å². The SMILES string of the molecule is O=C(O)CCCC(=O)N=C1S[C@H]2CS(=O)(=O)C[C@H]2N1Cc1ccccc1. The molecule has 2 saturated heterocycles. The van der Waals surface area contributed by atoms with Gasteiger partial charge in [-0.2, -0.15) is 4.99 Å². The van der Waals surface area contributed by atoms with Gasteiger partial charge >= 0.3 is 5.97 Å². The van der Waals surface area contributed by atoms with E-state index in [-0.39, 0.29) is 48.0 Å². The Hall–Kier alpha value is -1.87. The molecule has 2 atom stereocenters. The van der Waals surface area contributed by atoms with Crippen LogP contribution in [0, 0.1) is 0 Å². The van der Waals surface area contributed by atoms with E-state index < -0.39 is 15.8 Å². The summed E-state index contributed by atoms with van der Waals surface area (Å²) in [6.45, 7) is 0.492. The summed E-state index contributed by atoms with van der Waals surface area (Å²) in [6, 6.07) is 9.45. The van der Waals surface area contributed by atoms with E-state index in [1.54, 1.807) is 0 Å². The van der Waals surface area contributed by atoms with E-state index in [0.29, 0.717) is 11.7 Å². The second-order valence-corrected chi connectivity index (χ2v) is 9.81. The Labute approximate surface area is 156 Å². The van der Waals surface area contributed by atoms with E-state index in [0.717, 1.165) is 5.56 Å². The van der Waals surface area contributed by atoms with Crippen LogP contribution in [-0.2, 0) is 26.0 Å². The number of carbonyl (C=O) groups excluding carboxylic acids is 1. The number of sulfone groups is 1. The number of carboxylic acids is 1. The van der Waals surface area contributed by atoms with E-state index in [2.05, 4.69) is 4.99 Å². The average molecular weight is 396 g/mol. The molecule has 1 aromatic carbocycles. The molecule has 2 fully saturated rings. The molecule has 0 aromatic heterocycles. The number of nitrogens with zero attached hydrogens (tertiary/aromatic N) is 2. The topological polar surface area (TPSA) is 104 Å². The fourth-order valence-electron chi connectivity index (χ4n) is 3.15. The van der Waals surface area contributed by atoms with Gasteiger partial charge < -0.3 is 10.0 Å². The quantitative estimate of drug-likeness (QED) is 0.778. The van der Waals surface area contributed by atoms with Gasteiger partial charge in [0.2, 0.25) is 5.91 Å². The van der Waals surface area contributed by atoms with Gasteiger partial charge in [0.1, 0.15) is 0 Å². The third-order valence-electron chi connectivity index (χ3n) is 4.37. The molecule has 2 aliphatic rings. The molecule has 0 saturated carbocycles. The summed E-state index contributed by atoms with van der Waals surface area (Å²) in [7, 11) is -3.07. The predicted molar refractivity (Wildman–Crippen MR) is 99.7 cm³/mol. The normalized spacial score (nSPS) is 25.4. The number of aliphatic imine (C=N–C) groups is 1. The molecule has 1 amide bonds. The van der Waals surface area contributed by atoms with Crippen molar-refractivity contribution in [2.75, 3.05) is 11.5 Å². The largest absolute Gasteiger partial charge is 0.481 e. The molecular formula is C17H20N2O5S2. The van der Waals surface area contributed by atoms with Crippen LogP contribution in [0.25, 0.3) is 0 Å². The zero-order valence-corrected chi connectivity index (χ0v) is 15.7. The highest BCUT2D eigenvalue weighted by molar-refractivity contribution is 8.15. The van der Waals surface area contributed by atoms with Gasteiger partial charge in [-0.15, -0.1) is 0 Å². The number of benzene rings is 1. The number of amides is 1. The Kier molecular flexibility index (Phi) is 5.67. The van der Waals surface area contributed by atoms with Crippen LogP contribution in [0.2, 0.25) is 0 Å². The van der Waals surface area contributed by atoms with Gasteiger partial charge in [0, 0.05) is 24.6 Å². The van der Waals surface area contributed by atoms with Crippen LogP contribution in [0.4, 0.5) is 0 Å². The van der Waals surface area contributed by atoms with Crippen LogP contribution in [0.1, 0.15) is 24.8 Å². The summed E-state index contributed by atoms with van der Waals surface area (Å²) in [4.78, 5) is 28.7. The van der Waals surface area contributed by atoms with Gasteiger partial charge in [-0.3, -0.25) is 9.59 Å². The zero-order valence-electron chi connectivity index (χ0n) is 14.1. The van der Waals surface area contributed by atoms with Crippen LogP contribution >= 0.6 is 11.8 Å². The smallest absolute Gasteiger partial charge is 0.303 e. The van der Waals surface area contributed by atoms with E-state index in [4.69, 9.17) is 5.11 Å². The maximum absolute atomic E-state index is 12.1. The first kappa shape index (κ1) is 18.9. The van der Waals surface area contributed by atoms with Crippen molar-refractivity contribution in [1.82, 2.24) is 4.90 Å². The molecule has 26 heavy (non-hydrogen) atoms. The standard InChI is InChI=1S/C17H20N2O5S2/c20-15(7-4-8-16(21)22)18-17-19(9-12-5-2-1-3-6-12)13-10-26(23,24)11-14(13)25-17/h1-3,5-6,13-14H,4,7-11H2,(H,21,22)/t13-,14+/m1/s1. The first-order valence-electron chi connectivity index (χ1n) is 8.35. The molecule has 2 aliphatic heterocycles. The highest BCUT2D eigenvalue weighted by Gasteiger charge is 2.48. The molecule has 140 valence electrons. The lowest BCUT2D eigenvalue weighted by molar-refractivity contribution is -0.137. The van der Waals surface area contributed by atoms with Gasteiger partial charge in [0.05, 0.1) is 17.5 Å². The van der Waals surface area contributed by atoms with Crippen molar-refractivity contribution in [3.05, 3.63) is 35.9 Å². The molecule has 0 radical (unpaired) electrons. The van der Waals surface area contributed by atoms with E-state index in [1.807, 2.05) is 35.2 Å². The van der Waals surface area contributed by atoms with Crippen molar-refractivity contribution >= 4 is 38.6 Å². The van der Waals surface area contributed by atoms with Crippen molar-refractivity contribution in [3.63, 3.8) is 0 Å². The van der Waals surface area contributed by atoms with Gasteiger partial charge in [0.25, 0.3) is 0 Å². The van der Waals surface area contributed by atoms with Crippen LogP contribution < -0.4 is 0 Å². The number of hydrogen-bond donors (Lipinski definition) is 1. The van der Waals surface area contributed by atoms with Gasteiger partial charge in [-0.25, -0.2) is 8.42 Å². The first-order chi connectivity index (χ1) is 12.3. The predicted octanol–water partition coefficient (Wildman–Crippen LogP) is 1.54. The number of carboxylic acid groups (broad SMARTS) is 1. The average Bonchev–Trinajstić information content (AvgIpc) is 3.01. The highest BCUT2D eigenvalue weighted by Crippen LogP contribution is 2.39. The minimum absolute atomic E-state index is 0.0685. The van der Waals surface area contributed by atoms with E-state index in [9.17, 15) is 18.0 Å². The molecule has 1 aromatic rings. The fourth-order valence-corrected chi connectivity index (χ4v) is 7.12. The highest BCUT2D eigenvalue weighted by atomic mass is 32.2. The van der Waals surface area contributed by atoms with Crippen molar-refractivity contribution in [2.45, 2.75) is 37.1 Å². The summed E-state index contributed by atoms with van der Waals surface area (Å²) >= 11 is 1.34. The fraction of sp³-hybridized carbons (Fsp3) is 0.471. The summed E-state index contributed by atoms with van der Waals surface area (Å²) in [5.74, 6) is -1.13. The second-order valence-electron chi connectivity index (χ2n) is 6.45. The maximum atomic E-state index is 12.1. The monoisotopic (exact) mass is 396 g/mol. The van der Waals surface area contributed by atoms with Crippen LogP contribution in [0.5, 0.6) is 0 Å². The van der Waals surface area contributed by atoms with E-state index >= 15 is 0 Å². The summed E-state index contributed by atoms with van der Waals surface area (Å²) in [6.07, 6.45) is 0.250. The lowest BCUT2D eigenvalue weighted by Gasteiger charge is -2.24. The molecule has 0 aliphatic carbocycles. The van der Waals surface area contributed by atoms with Crippen LogP contribution in [-0.4, -0.2) is 58.3 Å². The van der Waals surface area contributed by atoms with Gasteiger partial charge in [-0.1, -0.05) is 42.1 Å². The number of carbonyl (C=O) groups is 2. The molecule has 3 rings (SSSR count). The Bertz CT molecular complexity index is 823. The number of hydrogen-bond acceptors (Lipinski definition) is 5. The molecular weight excluding hydrogens is 376 g/mol. The Morgan fingerprint density at radius 1 is 1.19 bits per heavy atom. The number of aliphatic carboxylic acids is 1. The Morgan fingerprint density at radius 2 is 1.92 bits per heavy atom. The first-order valence-corrected chi connectivity index (χ1v) is 11.0. The van der Waals surface area contributed by atoms with Gasteiger partial charge in [-0.05, 0) is 12.0 Å². The lowest BCUT2D eigenvalue weighted by atomic mass is 10.1. The third-order valence-corrected chi connectivity index (χ3v) is 7.62. The number of thioether (sulfide) groups is 1. The molecule has 0 spiro atoms. The molecule has 2 heterocycles. The Balaban J connectivity index is 1.76. The summed E-state index contributed by atoms with van der Waals surface area (Å²) in [5.41, 5.74) is 1.02. The minimum Gasteiger partial charge on any atom is -0.481 e. The molecule has 7 nitrogen and oxygen atoms in total. The van der Waals surface area contributed by atoms with Crippen molar-refractivity contribution in [3.8, 4) is 0 Å². The van der Waals surface area contributed by atoms with Crippen molar-refractivity contribution in [1.29, 1.82) is 0 Å². The van der Waals surface area contributed by atoms with Crippen molar-refractivity contribution < 1.29 is 23.1 Å².